The van der Waals surface area contributed by atoms with Crippen LogP contribution in [0.25, 0.3) is 0 Å². The van der Waals surface area contributed by atoms with Gasteiger partial charge in [0, 0.05) is 9.75 Å². The first-order valence-corrected chi connectivity index (χ1v) is 5.24. The average molecular weight is 208 g/mol. The molecule has 0 spiro atoms. The molecule has 74 valence electrons. The summed E-state index contributed by atoms with van der Waals surface area (Å²) in [6.45, 7) is 4.77. The van der Waals surface area contributed by atoms with Crippen molar-refractivity contribution in [3.63, 3.8) is 0 Å². The zero-order valence-electron chi connectivity index (χ0n) is 8.16. The molecule has 0 radical (unpaired) electrons. The van der Waals surface area contributed by atoms with Crippen LogP contribution in [-0.4, -0.2) is 15.2 Å². The van der Waals surface area contributed by atoms with Crippen LogP contribution in [-0.2, 0) is 6.54 Å². The maximum Gasteiger partial charge on any atom is 0.242 e. The van der Waals surface area contributed by atoms with Crippen LogP contribution in [0, 0.1) is 13.8 Å². The molecule has 0 bridgehead atoms. The van der Waals surface area contributed by atoms with Crippen LogP contribution in [0.3, 0.4) is 0 Å². The molecule has 4 nitrogen and oxygen atoms in total. The van der Waals surface area contributed by atoms with Crippen LogP contribution >= 0.6 is 11.3 Å². The molecule has 2 rings (SSSR count). The number of nitrogens with zero attached hydrogens (tertiary/aromatic N) is 2. The first kappa shape index (κ1) is 9.21. The minimum absolute atomic E-state index is 0.661. The first-order chi connectivity index (χ1) is 6.74. The van der Waals surface area contributed by atoms with Crippen molar-refractivity contribution >= 4 is 17.3 Å². The van der Waals surface area contributed by atoms with E-state index >= 15 is 0 Å². The summed E-state index contributed by atoms with van der Waals surface area (Å²) in [7, 11) is 0. The molecule has 0 aliphatic heterocycles. The van der Waals surface area contributed by atoms with Crippen LogP contribution in [0.15, 0.2) is 12.1 Å². The number of rotatable bonds is 3. The lowest BCUT2D eigenvalue weighted by Gasteiger charge is -1.97. The summed E-state index contributed by atoms with van der Waals surface area (Å²) >= 11 is 1.79. The zero-order chi connectivity index (χ0) is 9.97. The fraction of sp³-hybridized carbons (Fsp3) is 0.333. The maximum absolute atomic E-state index is 4.16. The Kier molecular flexibility index (Phi) is 2.49. The minimum atomic E-state index is 0.661. The zero-order valence-corrected chi connectivity index (χ0v) is 8.98. The van der Waals surface area contributed by atoms with E-state index < -0.39 is 0 Å². The molecule has 0 amide bonds. The summed E-state index contributed by atoms with van der Waals surface area (Å²) in [6.07, 6.45) is 0. The van der Waals surface area contributed by atoms with Crippen molar-refractivity contribution in [3.05, 3.63) is 27.7 Å². The highest BCUT2D eigenvalue weighted by molar-refractivity contribution is 7.11. The van der Waals surface area contributed by atoms with E-state index in [1.807, 2.05) is 6.92 Å². The molecule has 0 saturated heterocycles. The summed E-state index contributed by atoms with van der Waals surface area (Å²) in [5.41, 5.74) is 0. The van der Waals surface area contributed by atoms with Gasteiger partial charge in [-0.1, -0.05) is 0 Å². The largest absolute Gasteiger partial charge is 0.348 e. The van der Waals surface area contributed by atoms with Crippen LogP contribution in [0.1, 0.15) is 15.6 Å². The Labute approximate surface area is 86.4 Å². The van der Waals surface area contributed by atoms with Gasteiger partial charge in [0.05, 0.1) is 6.54 Å². The highest BCUT2D eigenvalue weighted by Crippen LogP contribution is 2.15. The number of hydrogen-bond acceptors (Lipinski definition) is 4. The number of thiophene rings is 1. The molecule has 2 N–H and O–H groups in total. The monoisotopic (exact) mass is 208 g/mol. The molecule has 5 heteroatoms. The van der Waals surface area contributed by atoms with Gasteiger partial charge in [-0.3, -0.25) is 5.10 Å². The molecule has 0 aliphatic carbocycles. The summed E-state index contributed by atoms with van der Waals surface area (Å²) < 4.78 is 0. The number of anilines is 1. The number of aromatic amines is 1. The van der Waals surface area contributed by atoms with Crippen LogP contribution in [0.2, 0.25) is 0 Å². The molecular weight excluding hydrogens is 196 g/mol. The van der Waals surface area contributed by atoms with Crippen molar-refractivity contribution in [2.24, 2.45) is 0 Å². The summed E-state index contributed by atoms with van der Waals surface area (Å²) in [5.74, 6) is 1.49. The third-order valence-electron chi connectivity index (χ3n) is 1.81. The van der Waals surface area contributed by atoms with E-state index in [4.69, 9.17) is 0 Å². The van der Waals surface area contributed by atoms with Gasteiger partial charge in [0.25, 0.3) is 0 Å². The predicted molar refractivity (Wildman–Crippen MR) is 57.5 cm³/mol. The van der Waals surface area contributed by atoms with Gasteiger partial charge in [-0.15, -0.1) is 16.4 Å². The maximum atomic E-state index is 4.16. The first-order valence-electron chi connectivity index (χ1n) is 4.42. The second-order valence-corrected chi connectivity index (χ2v) is 4.48. The molecule has 0 unspecified atom stereocenters. The van der Waals surface area contributed by atoms with Crippen molar-refractivity contribution in [1.29, 1.82) is 0 Å². The van der Waals surface area contributed by atoms with E-state index in [0.29, 0.717) is 5.95 Å². The number of hydrogen-bond donors (Lipinski definition) is 2. The van der Waals surface area contributed by atoms with Gasteiger partial charge in [0.15, 0.2) is 0 Å². The van der Waals surface area contributed by atoms with E-state index in [-0.39, 0.29) is 0 Å². The van der Waals surface area contributed by atoms with Gasteiger partial charge >= 0.3 is 0 Å². The Morgan fingerprint density at radius 2 is 2.29 bits per heavy atom. The Balaban J connectivity index is 1.94. The molecule has 0 aliphatic rings. The summed E-state index contributed by atoms with van der Waals surface area (Å²) in [5, 5.41) is 9.94. The van der Waals surface area contributed by atoms with Crippen molar-refractivity contribution in [2.45, 2.75) is 20.4 Å². The van der Waals surface area contributed by atoms with Gasteiger partial charge in [-0.25, -0.2) is 0 Å². The predicted octanol–water partition coefficient (Wildman–Crippen LogP) is 2.10. The lowest BCUT2D eigenvalue weighted by atomic mass is 10.4. The van der Waals surface area contributed by atoms with E-state index in [1.54, 1.807) is 11.3 Å². The van der Waals surface area contributed by atoms with Crippen LogP contribution in [0.4, 0.5) is 5.95 Å². The van der Waals surface area contributed by atoms with Crippen LogP contribution in [0.5, 0.6) is 0 Å². The molecule has 0 fully saturated rings. The van der Waals surface area contributed by atoms with Crippen molar-refractivity contribution < 1.29 is 0 Å². The molecular formula is C9H12N4S. The van der Waals surface area contributed by atoms with Gasteiger partial charge < -0.3 is 5.32 Å². The standard InChI is InChI=1S/C9H12N4S/c1-6-3-4-8(14-6)5-10-9-11-7(2)12-13-9/h3-4H,5H2,1-2H3,(H2,10,11,12,13). The summed E-state index contributed by atoms with van der Waals surface area (Å²) in [6, 6.07) is 4.23. The normalized spacial score (nSPS) is 10.4. The smallest absolute Gasteiger partial charge is 0.242 e. The highest BCUT2D eigenvalue weighted by Gasteiger charge is 2.00. The second-order valence-electron chi connectivity index (χ2n) is 3.11. The SMILES string of the molecule is Cc1nc(NCc2ccc(C)s2)n[nH]1. The lowest BCUT2D eigenvalue weighted by Crippen LogP contribution is -1.98. The van der Waals surface area contributed by atoms with Crippen molar-refractivity contribution in [2.75, 3.05) is 5.32 Å². The molecule has 0 saturated carbocycles. The quantitative estimate of drug-likeness (QED) is 0.812. The highest BCUT2D eigenvalue weighted by atomic mass is 32.1. The van der Waals surface area contributed by atoms with Crippen molar-refractivity contribution in [3.8, 4) is 0 Å². The Hall–Kier alpha value is -1.36. The number of aryl methyl sites for hydroxylation is 2. The Bertz CT molecular complexity index is 378. The lowest BCUT2D eigenvalue weighted by molar-refractivity contribution is 1.03. The molecule has 0 aromatic carbocycles. The Morgan fingerprint density at radius 3 is 2.86 bits per heavy atom. The van der Waals surface area contributed by atoms with E-state index in [2.05, 4.69) is 39.6 Å². The Morgan fingerprint density at radius 1 is 1.43 bits per heavy atom. The van der Waals surface area contributed by atoms with Crippen LogP contribution < -0.4 is 5.32 Å². The number of H-pyrrole nitrogens is 1. The third-order valence-corrected chi connectivity index (χ3v) is 2.81. The second kappa shape index (κ2) is 3.79. The summed E-state index contributed by atoms with van der Waals surface area (Å²) in [4.78, 5) is 6.78. The fourth-order valence-electron chi connectivity index (χ4n) is 1.17. The molecule has 2 aromatic rings. The number of nitrogens with one attached hydrogen (secondary N) is 2. The molecule has 14 heavy (non-hydrogen) atoms. The van der Waals surface area contributed by atoms with Gasteiger partial charge in [-0.2, -0.15) is 4.98 Å². The minimum Gasteiger partial charge on any atom is -0.348 e. The fourth-order valence-corrected chi connectivity index (χ4v) is 2.00. The van der Waals surface area contributed by atoms with E-state index in [1.165, 1.54) is 9.75 Å². The van der Waals surface area contributed by atoms with Gasteiger partial charge in [0.1, 0.15) is 5.82 Å². The number of aromatic nitrogens is 3. The van der Waals surface area contributed by atoms with Gasteiger partial charge in [0.2, 0.25) is 5.95 Å². The topological polar surface area (TPSA) is 53.6 Å². The van der Waals surface area contributed by atoms with Gasteiger partial charge in [-0.05, 0) is 26.0 Å². The molecule has 2 heterocycles. The van der Waals surface area contributed by atoms with E-state index in [0.717, 1.165) is 12.4 Å². The van der Waals surface area contributed by atoms with Crippen molar-refractivity contribution in [1.82, 2.24) is 15.2 Å². The average Bonchev–Trinajstić information content (AvgIpc) is 2.72. The third kappa shape index (κ3) is 2.11. The molecule has 2 aromatic heterocycles. The van der Waals surface area contributed by atoms with E-state index in [9.17, 15) is 0 Å². The molecule has 0 atom stereocenters.